The second-order valence-corrected chi connectivity index (χ2v) is 7.43. The highest BCUT2D eigenvalue weighted by Gasteiger charge is 2.60. The van der Waals surface area contributed by atoms with E-state index in [1.807, 2.05) is 0 Å². The Labute approximate surface area is 189 Å². The molecule has 17 heteroatoms. The van der Waals surface area contributed by atoms with Gasteiger partial charge in [-0.1, -0.05) is 6.92 Å². The van der Waals surface area contributed by atoms with Crippen molar-refractivity contribution in [2.24, 2.45) is 5.10 Å². The second kappa shape index (κ2) is 8.51. The zero-order valence-corrected chi connectivity index (χ0v) is 17.6. The van der Waals surface area contributed by atoms with E-state index < -0.39 is 65.9 Å². The first-order chi connectivity index (χ1) is 15.8. The average molecular weight is 523 g/mol. The van der Waals surface area contributed by atoms with Gasteiger partial charge in [-0.15, -0.1) is 5.43 Å². The van der Waals surface area contributed by atoms with Gasteiger partial charge >= 0.3 is 24.5 Å². The lowest BCUT2D eigenvalue weighted by Crippen LogP contribution is -2.34. The molecule has 2 aromatic heterocycles. The number of allylic oxidation sites excluding steroid dienone is 1. The standard InChI is InChI=1S/C18H14F11N6/c1-3-9-5-12(16(22,23)18(27,28)29)32-34(9)7-10-11(6-15(19,20)21)30-31-14(10)35-8(2)4-13(33-35)17(24,25)26/h4-5H,3,6-7H2,1-2H3. The number of halogens is 11. The van der Waals surface area contributed by atoms with Crippen LogP contribution in [-0.4, -0.2) is 37.6 Å². The molecule has 0 bridgehead atoms. The molecule has 6 nitrogen and oxygen atoms in total. The van der Waals surface area contributed by atoms with E-state index in [2.05, 4.69) is 20.7 Å². The normalized spacial score (nSPS) is 15.6. The first-order valence-corrected chi connectivity index (χ1v) is 9.59. The monoisotopic (exact) mass is 523 g/mol. The molecule has 0 saturated carbocycles. The third kappa shape index (κ3) is 5.27. The molecule has 1 radical (unpaired) electrons. The third-order valence-corrected chi connectivity index (χ3v) is 4.84. The fraction of sp³-hybridized carbons (Fsp3) is 0.500. The van der Waals surface area contributed by atoms with Crippen molar-refractivity contribution in [3.63, 3.8) is 0 Å². The summed E-state index contributed by atoms with van der Waals surface area (Å²) in [5, 5.41) is 9.88. The summed E-state index contributed by atoms with van der Waals surface area (Å²) in [4.78, 5) is 0. The molecule has 0 atom stereocenters. The molecule has 0 unspecified atom stereocenters. The highest BCUT2D eigenvalue weighted by molar-refractivity contribution is 6.06. The van der Waals surface area contributed by atoms with Gasteiger partial charge in [0.05, 0.1) is 18.7 Å². The van der Waals surface area contributed by atoms with Gasteiger partial charge < -0.3 is 0 Å². The van der Waals surface area contributed by atoms with Crippen LogP contribution >= 0.6 is 0 Å². The van der Waals surface area contributed by atoms with Crippen molar-refractivity contribution in [1.82, 2.24) is 25.0 Å². The summed E-state index contributed by atoms with van der Waals surface area (Å²) >= 11 is 0. The molecule has 2 aromatic rings. The molecule has 3 heterocycles. The molecule has 0 aromatic carbocycles. The lowest BCUT2D eigenvalue weighted by atomic mass is 10.1. The minimum atomic E-state index is -5.99. The quantitative estimate of drug-likeness (QED) is 0.475. The lowest BCUT2D eigenvalue weighted by Gasteiger charge is -2.17. The molecular formula is C18H14F11N6. The number of alkyl halides is 11. The smallest absolute Gasteiger partial charge is 0.264 e. The van der Waals surface area contributed by atoms with E-state index in [9.17, 15) is 48.3 Å². The van der Waals surface area contributed by atoms with E-state index in [1.165, 1.54) is 6.92 Å². The number of hydrogen-bond acceptors (Lipinski definition) is 3. The molecular weight excluding hydrogens is 509 g/mol. The lowest BCUT2D eigenvalue weighted by molar-refractivity contribution is -0.291. The zero-order valence-electron chi connectivity index (χ0n) is 17.6. The summed E-state index contributed by atoms with van der Waals surface area (Å²) in [5.74, 6) is -5.94. The maximum Gasteiger partial charge on any atom is 0.459 e. The Morgan fingerprint density at radius 1 is 0.857 bits per heavy atom. The summed E-state index contributed by atoms with van der Waals surface area (Å²) in [6.45, 7) is 1.68. The van der Waals surface area contributed by atoms with Crippen molar-refractivity contribution in [2.45, 2.75) is 57.7 Å². The fourth-order valence-corrected chi connectivity index (χ4v) is 3.17. The molecule has 35 heavy (non-hydrogen) atoms. The Kier molecular flexibility index (Phi) is 6.44. The van der Waals surface area contributed by atoms with Crippen LogP contribution in [-0.2, 0) is 25.1 Å². The van der Waals surface area contributed by atoms with E-state index >= 15 is 0 Å². The van der Waals surface area contributed by atoms with Crippen molar-refractivity contribution in [3.8, 4) is 0 Å². The Bertz CT molecular complexity index is 1160. The SMILES string of the molecule is CCc1cc(C(F)(F)C(F)(F)F)nn1CC1=C(n2nc(C(F)(F)F)cc2C)[N]N=C1CC(F)(F)F. The number of aryl methyl sites for hydroxylation is 2. The van der Waals surface area contributed by atoms with Crippen LogP contribution < -0.4 is 5.43 Å². The molecule has 0 aliphatic carbocycles. The molecule has 1 aliphatic rings. The van der Waals surface area contributed by atoms with E-state index in [0.29, 0.717) is 21.5 Å². The van der Waals surface area contributed by atoms with Gasteiger partial charge in [-0.3, -0.25) is 4.68 Å². The molecule has 0 spiro atoms. The Morgan fingerprint density at radius 3 is 1.97 bits per heavy atom. The molecule has 0 saturated heterocycles. The van der Waals surface area contributed by atoms with Crippen LogP contribution in [0.15, 0.2) is 22.8 Å². The van der Waals surface area contributed by atoms with Gasteiger partial charge in [-0.2, -0.15) is 63.6 Å². The highest BCUT2D eigenvalue weighted by Crippen LogP contribution is 2.43. The maximum atomic E-state index is 13.8. The first kappa shape index (κ1) is 26.5. The van der Waals surface area contributed by atoms with Gasteiger partial charge in [0.2, 0.25) is 0 Å². The van der Waals surface area contributed by atoms with Crippen molar-refractivity contribution >= 4 is 11.5 Å². The van der Waals surface area contributed by atoms with E-state index in [4.69, 9.17) is 0 Å². The number of rotatable bonds is 6. The maximum absolute atomic E-state index is 13.8. The Balaban J connectivity index is 2.13. The summed E-state index contributed by atoms with van der Waals surface area (Å²) in [6.07, 6.45) is -17.6. The minimum absolute atomic E-state index is 0.147. The zero-order chi connectivity index (χ0) is 26.6. The van der Waals surface area contributed by atoms with Crippen LogP contribution in [0.1, 0.15) is 36.1 Å². The van der Waals surface area contributed by atoms with Crippen LogP contribution in [0.25, 0.3) is 5.82 Å². The molecule has 193 valence electrons. The van der Waals surface area contributed by atoms with Gasteiger partial charge in [-0.25, -0.2) is 4.68 Å². The number of nitrogens with zero attached hydrogens (tertiary/aromatic N) is 6. The Morgan fingerprint density at radius 2 is 1.49 bits per heavy atom. The van der Waals surface area contributed by atoms with E-state index in [0.717, 1.165) is 6.92 Å². The fourth-order valence-electron chi connectivity index (χ4n) is 3.17. The largest absolute Gasteiger partial charge is 0.459 e. The predicted molar refractivity (Wildman–Crippen MR) is 97.0 cm³/mol. The van der Waals surface area contributed by atoms with Crippen LogP contribution in [0.4, 0.5) is 48.3 Å². The van der Waals surface area contributed by atoms with Crippen molar-refractivity contribution in [2.75, 3.05) is 0 Å². The van der Waals surface area contributed by atoms with E-state index in [-0.39, 0.29) is 17.8 Å². The van der Waals surface area contributed by atoms with Gasteiger partial charge in [0.1, 0.15) is 5.69 Å². The van der Waals surface area contributed by atoms with Gasteiger partial charge in [0, 0.05) is 17.0 Å². The Hall–Kier alpha value is -3.14. The van der Waals surface area contributed by atoms with Gasteiger partial charge in [0.25, 0.3) is 0 Å². The number of aromatic nitrogens is 4. The third-order valence-electron chi connectivity index (χ3n) is 4.84. The first-order valence-electron chi connectivity index (χ1n) is 9.59. The molecule has 3 rings (SSSR count). The van der Waals surface area contributed by atoms with Crippen LogP contribution in [0.2, 0.25) is 0 Å². The summed E-state index contributed by atoms with van der Waals surface area (Å²) in [7, 11) is 0. The van der Waals surface area contributed by atoms with Gasteiger partial charge in [0.15, 0.2) is 11.5 Å². The van der Waals surface area contributed by atoms with Crippen LogP contribution in [0.3, 0.4) is 0 Å². The minimum Gasteiger partial charge on any atom is -0.264 e. The topological polar surface area (TPSA) is 62.1 Å². The van der Waals surface area contributed by atoms with Crippen LogP contribution in [0, 0.1) is 6.92 Å². The second-order valence-electron chi connectivity index (χ2n) is 7.43. The van der Waals surface area contributed by atoms with Gasteiger partial charge in [-0.05, 0) is 25.5 Å². The number of hydrogen-bond donors (Lipinski definition) is 0. The molecule has 0 N–H and O–H groups in total. The predicted octanol–water partition coefficient (Wildman–Crippen LogP) is 5.42. The highest BCUT2D eigenvalue weighted by atomic mass is 19.4. The molecule has 1 aliphatic heterocycles. The van der Waals surface area contributed by atoms with Crippen molar-refractivity contribution < 1.29 is 48.3 Å². The van der Waals surface area contributed by atoms with Crippen molar-refractivity contribution in [3.05, 3.63) is 40.5 Å². The van der Waals surface area contributed by atoms with Crippen molar-refractivity contribution in [1.29, 1.82) is 0 Å². The van der Waals surface area contributed by atoms with E-state index in [1.54, 1.807) is 0 Å². The summed E-state index contributed by atoms with van der Waals surface area (Å²) < 4.78 is 145. The molecule has 0 fully saturated rings. The average Bonchev–Trinajstić information content (AvgIpc) is 3.37. The summed E-state index contributed by atoms with van der Waals surface area (Å²) in [6, 6.07) is 1.04. The van der Waals surface area contributed by atoms with Crippen LogP contribution in [0.5, 0.6) is 0 Å². The summed E-state index contributed by atoms with van der Waals surface area (Å²) in [5.41, 5.74) is -1.27. The molecule has 0 amide bonds.